The van der Waals surface area contributed by atoms with E-state index in [1.807, 2.05) is 0 Å². The van der Waals surface area contributed by atoms with Gasteiger partial charge in [-0.2, -0.15) is 0 Å². The van der Waals surface area contributed by atoms with E-state index in [0.29, 0.717) is 11.5 Å². The van der Waals surface area contributed by atoms with E-state index in [-0.39, 0.29) is 0 Å². The van der Waals surface area contributed by atoms with Crippen LogP contribution < -0.4 is 7.66 Å². The third-order valence-electron chi connectivity index (χ3n) is 2.85. The zero-order valence-electron chi connectivity index (χ0n) is 10.6. The van der Waals surface area contributed by atoms with Gasteiger partial charge in [0.15, 0.2) is 44.0 Å². The van der Waals surface area contributed by atoms with Gasteiger partial charge < -0.3 is 7.66 Å². The van der Waals surface area contributed by atoms with Crippen molar-refractivity contribution in [1.29, 1.82) is 0 Å². The first-order valence-electron chi connectivity index (χ1n) is 5.48. The van der Waals surface area contributed by atoms with Gasteiger partial charge in [0.25, 0.3) is 0 Å². The predicted octanol–water partition coefficient (Wildman–Crippen LogP) is 10.8. The third kappa shape index (κ3) is 4.08. The molecule has 0 saturated carbocycles. The molecule has 0 aliphatic heterocycles. The molecule has 2 rings (SSSR count). The van der Waals surface area contributed by atoms with Crippen LogP contribution in [0.5, 0.6) is 11.5 Å². The lowest BCUT2D eigenvalue weighted by atomic mass is 10.0. The fourth-order valence-electron chi connectivity index (χ4n) is 1.81. The van der Waals surface area contributed by atoms with Crippen molar-refractivity contribution in [2.75, 3.05) is 0 Å². The number of rotatable bonds is 3. The van der Waals surface area contributed by atoms with Gasteiger partial charge in [-0.05, 0) is 127 Å². The van der Waals surface area contributed by atoms with Crippen molar-refractivity contribution in [1.82, 2.24) is 0 Å². The lowest BCUT2D eigenvalue weighted by molar-refractivity contribution is 0.662. The highest BCUT2D eigenvalue weighted by Gasteiger charge is 2.29. The fraction of sp³-hybridized carbons (Fsp3) is 0. The van der Waals surface area contributed by atoms with Crippen LogP contribution in [0.4, 0.5) is 0 Å². The highest BCUT2D eigenvalue weighted by molar-refractivity contribution is 9.16. The molecule has 2 aromatic rings. The van der Waals surface area contributed by atoms with Gasteiger partial charge in [0.2, 0.25) is 0 Å². The topological polar surface area (TPSA) is 18.5 Å². The highest BCUT2D eigenvalue weighted by Crippen LogP contribution is 2.58. The van der Waals surface area contributed by atoms with Gasteiger partial charge >= 0.3 is 0 Å². The SMILES string of the molecule is BrOc1c(Br)c(Br)c(Br)c(Br)c1-c1c(Br)c(Br)c(Br)c(Br)c1OBr. The minimum Gasteiger partial charge on any atom is -0.416 e. The Balaban J connectivity index is 3.09. The van der Waals surface area contributed by atoms with Crippen LogP contribution in [0.3, 0.4) is 0 Å². The molecule has 0 amide bonds. The van der Waals surface area contributed by atoms with Crippen molar-refractivity contribution in [3.8, 4) is 22.6 Å². The Labute approximate surface area is 222 Å². The molecule has 0 heterocycles. The fourth-order valence-corrected chi connectivity index (χ4v) is 7.62. The van der Waals surface area contributed by atoms with Gasteiger partial charge in [0.1, 0.15) is 0 Å². The van der Waals surface area contributed by atoms with Crippen molar-refractivity contribution in [3.63, 3.8) is 0 Å². The first kappa shape index (κ1) is 23.1. The Kier molecular flexibility index (Phi) is 9.21. The molecule has 0 unspecified atom stereocenters. The summed E-state index contributed by atoms with van der Waals surface area (Å²) in [7, 11) is 0. The molecule has 0 N–H and O–H groups in total. The predicted molar refractivity (Wildman–Crippen MR) is 133 cm³/mol. The van der Waals surface area contributed by atoms with Crippen LogP contribution in [-0.2, 0) is 0 Å². The second kappa shape index (κ2) is 9.56. The monoisotopic (exact) mass is 965 g/mol. The molecule has 0 aromatic heterocycles. The minimum atomic E-state index is 0.560. The Bertz CT molecular complexity index is 767. The van der Waals surface area contributed by atoms with E-state index in [1.165, 1.54) is 0 Å². The van der Waals surface area contributed by atoms with E-state index < -0.39 is 0 Å². The summed E-state index contributed by atoms with van der Waals surface area (Å²) in [5.41, 5.74) is 1.51. The largest absolute Gasteiger partial charge is 0.416 e. The lowest BCUT2D eigenvalue weighted by Gasteiger charge is -2.20. The molecule has 0 bridgehead atoms. The molecule has 0 spiro atoms. The quantitative estimate of drug-likeness (QED) is 0.225. The summed E-state index contributed by atoms with van der Waals surface area (Å²) < 4.78 is 17.2. The summed E-state index contributed by atoms with van der Waals surface area (Å²) in [6.07, 6.45) is 0. The average Bonchev–Trinajstić information content (AvgIpc) is 2.57. The molecule has 2 aromatic carbocycles. The maximum Gasteiger partial charge on any atom is 0.179 e. The Morgan fingerprint density at radius 1 is 0.375 bits per heavy atom. The second-order valence-corrected chi connectivity index (χ2v) is 11.1. The van der Waals surface area contributed by atoms with Crippen molar-refractivity contribution in [3.05, 3.63) is 35.8 Å². The molecule has 130 valence electrons. The third-order valence-corrected chi connectivity index (χ3v) is 13.0. The van der Waals surface area contributed by atoms with Crippen LogP contribution in [-0.4, -0.2) is 0 Å². The van der Waals surface area contributed by atoms with Crippen molar-refractivity contribution in [2.24, 2.45) is 0 Å². The smallest absolute Gasteiger partial charge is 0.179 e. The van der Waals surface area contributed by atoms with Crippen molar-refractivity contribution in [2.45, 2.75) is 0 Å². The Morgan fingerprint density at radius 2 is 0.625 bits per heavy atom. The Hall–Kier alpha value is 2.84. The normalized spacial score (nSPS) is 10.9. The van der Waals surface area contributed by atoms with Gasteiger partial charge in [-0.3, -0.25) is 0 Å². The molecule has 0 radical (unpaired) electrons. The van der Waals surface area contributed by atoms with Crippen LogP contribution in [0.25, 0.3) is 11.1 Å². The molecular formula is C12Br10O2. The Morgan fingerprint density at radius 3 is 0.875 bits per heavy atom. The summed E-state index contributed by atoms with van der Waals surface area (Å²) in [6.45, 7) is 0. The number of benzene rings is 2. The number of hydrogen-bond acceptors (Lipinski definition) is 2. The molecule has 24 heavy (non-hydrogen) atoms. The molecule has 0 saturated heterocycles. The summed E-state index contributed by atoms with van der Waals surface area (Å²) in [6, 6.07) is 0. The van der Waals surface area contributed by atoms with E-state index in [2.05, 4.69) is 160 Å². The van der Waals surface area contributed by atoms with Crippen molar-refractivity contribution >= 4 is 160 Å². The zero-order valence-corrected chi connectivity index (χ0v) is 26.5. The van der Waals surface area contributed by atoms with Gasteiger partial charge in [-0.25, -0.2) is 0 Å². The van der Waals surface area contributed by atoms with Crippen LogP contribution in [0, 0.1) is 0 Å². The molecule has 0 atom stereocenters. The molecule has 0 aliphatic carbocycles. The second-order valence-electron chi connectivity index (χ2n) is 4.07. The molecule has 12 heteroatoms. The van der Waals surface area contributed by atoms with Gasteiger partial charge in [0, 0.05) is 29.0 Å². The summed E-state index contributed by atoms with van der Waals surface area (Å²) >= 11 is 34.7. The summed E-state index contributed by atoms with van der Waals surface area (Å²) in [5.74, 6) is 1.12. The molecule has 0 fully saturated rings. The van der Waals surface area contributed by atoms with Gasteiger partial charge in [-0.15, -0.1) is 0 Å². The maximum atomic E-state index is 5.46. The highest BCUT2D eigenvalue weighted by atomic mass is 79.9. The van der Waals surface area contributed by atoms with E-state index >= 15 is 0 Å². The maximum absolute atomic E-state index is 5.46. The van der Waals surface area contributed by atoms with Crippen LogP contribution in [0.1, 0.15) is 0 Å². The van der Waals surface area contributed by atoms with Crippen molar-refractivity contribution < 1.29 is 7.66 Å². The zero-order chi connectivity index (χ0) is 18.3. The van der Waals surface area contributed by atoms with Gasteiger partial charge in [0.05, 0.1) is 17.9 Å². The first-order chi connectivity index (χ1) is 11.2. The van der Waals surface area contributed by atoms with Crippen LogP contribution >= 0.6 is 160 Å². The van der Waals surface area contributed by atoms with Crippen LogP contribution in [0.2, 0.25) is 0 Å². The van der Waals surface area contributed by atoms with Gasteiger partial charge in [-0.1, -0.05) is 0 Å². The number of halogens is 10. The first-order valence-corrected chi connectivity index (χ1v) is 13.1. The summed E-state index contributed by atoms with van der Waals surface area (Å²) in [4.78, 5) is 0. The molecule has 0 aliphatic rings. The van der Waals surface area contributed by atoms with E-state index in [9.17, 15) is 0 Å². The average molecular weight is 975 g/mol. The van der Waals surface area contributed by atoms with E-state index in [4.69, 9.17) is 7.66 Å². The number of hydrogen-bond donors (Lipinski definition) is 0. The summed E-state index contributed by atoms with van der Waals surface area (Å²) in [5, 5.41) is 0. The van der Waals surface area contributed by atoms with Crippen LogP contribution in [0.15, 0.2) is 35.8 Å². The van der Waals surface area contributed by atoms with E-state index in [0.717, 1.165) is 46.9 Å². The molecule has 2 nitrogen and oxygen atoms in total. The lowest BCUT2D eigenvalue weighted by Crippen LogP contribution is -1.95. The minimum absolute atomic E-state index is 0.560. The van der Waals surface area contributed by atoms with E-state index in [1.54, 1.807) is 0 Å². The molecular weight excluding hydrogens is 975 g/mol. The standard InChI is InChI=1S/C12Br10O2/c13-3-1(11(23-21)9(19)7(17)5(3)15)2-4(14)6(16)8(18)10(20)12(2)24-22.